The molecule has 1 aliphatic rings. The number of hydrogen-bond acceptors (Lipinski definition) is 6. The van der Waals surface area contributed by atoms with Gasteiger partial charge in [-0.15, -0.1) is 0 Å². The van der Waals surface area contributed by atoms with Gasteiger partial charge in [0.1, 0.15) is 0 Å². The minimum atomic E-state index is -1.32. The van der Waals surface area contributed by atoms with Gasteiger partial charge in [-0.2, -0.15) is 0 Å². The van der Waals surface area contributed by atoms with E-state index in [0.717, 1.165) is 16.5 Å². The van der Waals surface area contributed by atoms with Crippen LogP contribution in [0.15, 0.2) is 47.1 Å². The molecule has 1 aromatic heterocycles. The van der Waals surface area contributed by atoms with E-state index in [1.54, 1.807) is 19.2 Å². The van der Waals surface area contributed by atoms with Crippen LogP contribution in [-0.4, -0.2) is 36.4 Å². The number of carbonyl (C=O) groups is 2. The predicted octanol–water partition coefficient (Wildman–Crippen LogP) is 4.92. The summed E-state index contributed by atoms with van der Waals surface area (Å²) in [5.41, 5.74) is 2.34. The maximum absolute atomic E-state index is 13.1. The van der Waals surface area contributed by atoms with Gasteiger partial charge in [-0.05, 0) is 36.2 Å². The van der Waals surface area contributed by atoms with Crippen molar-refractivity contribution in [2.24, 2.45) is 5.92 Å². The molecule has 0 amide bonds. The smallest absolute Gasteiger partial charge is 0.324 e. The van der Waals surface area contributed by atoms with E-state index in [-0.39, 0.29) is 0 Å². The van der Waals surface area contributed by atoms with E-state index < -0.39 is 29.6 Å². The molecule has 0 radical (unpaired) electrons. The molecule has 1 fully saturated rings. The number of hydrogen-bond donors (Lipinski definition) is 1. The van der Waals surface area contributed by atoms with Crippen molar-refractivity contribution in [2.45, 2.75) is 32.5 Å². The highest BCUT2D eigenvalue weighted by Crippen LogP contribution is 2.46. The summed E-state index contributed by atoms with van der Waals surface area (Å²) in [5, 5.41) is 0.892. The van der Waals surface area contributed by atoms with Crippen molar-refractivity contribution in [3.63, 3.8) is 0 Å². The van der Waals surface area contributed by atoms with Gasteiger partial charge in [-0.3, -0.25) is 9.59 Å². The molecule has 3 aromatic rings. The van der Waals surface area contributed by atoms with Gasteiger partial charge in [0.25, 0.3) is 5.79 Å². The number of halogens is 1. The van der Waals surface area contributed by atoms with Gasteiger partial charge in [0.2, 0.25) is 0 Å². The van der Waals surface area contributed by atoms with E-state index in [2.05, 4.69) is 20.9 Å². The van der Waals surface area contributed by atoms with Crippen LogP contribution in [0.1, 0.15) is 37.8 Å². The second-order valence-electron chi connectivity index (χ2n) is 7.94. The van der Waals surface area contributed by atoms with Crippen molar-refractivity contribution >= 4 is 38.8 Å². The summed E-state index contributed by atoms with van der Waals surface area (Å²) < 4.78 is 22.8. The van der Waals surface area contributed by atoms with Crippen LogP contribution in [0.3, 0.4) is 0 Å². The number of para-hydroxylation sites is 1. The van der Waals surface area contributed by atoms with Crippen LogP contribution >= 0.6 is 15.9 Å². The predicted molar refractivity (Wildman–Crippen MR) is 122 cm³/mol. The summed E-state index contributed by atoms with van der Waals surface area (Å²) in [6.07, 6.45) is 1.81. The maximum atomic E-state index is 13.1. The second-order valence-corrected chi connectivity index (χ2v) is 8.80. The fourth-order valence-corrected chi connectivity index (χ4v) is 4.66. The Kier molecular flexibility index (Phi) is 5.90. The Labute approximate surface area is 194 Å². The summed E-state index contributed by atoms with van der Waals surface area (Å²) >= 11 is 3.60. The maximum Gasteiger partial charge on any atom is 0.324 e. The van der Waals surface area contributed by atoms with Crippen molar-refractivity contribution in [1.82, 2.24) is 4.98 Å². The standard InChI is InChI=1S/C24H24BrNO6/c1-5-30-19-10-14(16(25)11-18(19)29-4)20(15-12-26-17-9-7-6-8-13(15)17)21-22(27)31-24(2,3)32-23(21)28/h6-12,20-21,26H,5H2,1-4H3/t20-/m1/s1. The molecule has 8 heteroatoms. The number of ether oxygens (including phenoxy) is 4. The number of rotatable bonds is 6. The van der Waals surface area contributed by atoms with Gasteiger partial charge < -0.3 is 23.9 Å². The number of esters is 2. The molecule has 32 heavy (non-hydrogen) atoms. The van der Waals surface area contributed by atoms with Gasteiger partial charge >= 0.3 is 11.9 Å². The lowest BCUT2D eigenvalue weighted by atomic mass is 9.79. The highest BCUT2D eigenvalue weighted by atomic mass is 79.9. The zero-order valence-electron chi connectivity index (χ0n) is 18.2. The number of methoxy groups -OCH3 is 1. The van der Waals surface area contributed by atoms with Crippen molar-refractivity contribution in [3.8, 4) is 11.5 Å². The number of fused-ring (bicyclic) bond motifs is 1. The van der Waals surface area contributed by atoms with Crippen LogP contribution in [0, 0.1) is 5.92 Å². The average molecular weight is 502 g/mol. The van der Waals surface area contributed by atoms with Gasteiger partial charge in [-0.1, -0.05) is 34.1 Å². The lowest BCUT2D eigenvalue weighted by Crippen LogP contribution is -2.48. The lowest BCUT2D eigenvalue weighted by Gasteiger charge is -2.36. The molecule has 1 N–H and O–H groups in total. The van der Waals surface area contributed by atoms with E-state index in [4.69, 9.17) is 18.9 Å². The summed E-state index contributed by atoms with van der Waals surface area (Å²) in [6, 6.07) is 11.3. The molecule has 0 saturated carbocycles. The minimum absolute atomic E-state index is 0.427. The van der Waals surface area contributed by atoms with Gasteiger partial charge in [0.05, 0.1) is 13.7 Å². The number of cyclic esters (lactones) is 2. The number of aromatic nitrogens is 1. The fraction of sp³-hybridized carbons (Fsp3) is 0.333. The topological polar surface area (TPSA) is 86.9 Å². The highest BCUT2D eigenvalue weighted by Gasteiger charge is 2.49. The van der Waals surface area contributed by atoms with Crippen LogP contribution < -0.4 is 9.47 Å². The number of benzene rings is 2. The zero-order chi connectivity index (χ0) is 23.0. The Morgan fingerprint density at radius 3 is 2.44 bits per heavy atom. The molecule has 1 atom stereocenters. The van der Waals surface area contributed by atoms with Gasteiger partial charge in [0, 0.05) is 41.3 Å². The zero-order valence-corrected chi connectivity index (χ0v) is 19.8. The van der Waals surface area contributed by atoms with E-state index in [0.29, 0.717) is 28.1 Å². The Bertz CT molecular complexity index is 1160. The normalized spacial score (nSPS) is 17.0. The van der Waals surface area contributed by atoms with Crippen LogP contribution in [0.25, 0.3) is 10.9 Å². The van der Waals surface area contributed by atoms with E-state index in [1.165, 1.54) is 13.8 Å². The first kappa shape index (κ1) is 22.2. The summed E-state index contributed by atoms with van der Waals surface area (Å²) in [4.78, 5) is 29.4. The van der Waals surface area contributed by atoms with Crippen LogP contribution in [0.5, 0.6) is 11.5 Å². The number of aromatic amines is 1. The average Bonchev–Trinajstić information content (AvgIpc) is 3.15. The molecule has 0 spiro atoms. The number of nitrogens with one attached hydrogen (secondary N) is 1. The molecule has 0 bridgehead atoms. The molecule has 1 aliphatic heterocycles. The molecular weight excluding hydrogens is 478 g/mol. The third-order valence-electron chi connectivity index (χ3n) is 5.41. The fourth-order valence-electron chi connectivity index (χ4n) is 4.10. The quantitative estimate of drug-likeness (QED) is 0.380. The molecule has 168 valence electrons. The van der Waals surface area contributed by atoms with Gasteiger partial charge in [-0.25, -0.2) is 0 Å². The molecular formula is C24H24BrNO6. The largest absolute Gasteiger partial charge is 0.493 e. The Balaban J connectivity index is 1.94. The molecule has 1 saturated heterocycles. The Morgan fingerprint density at radius 1 is 1.09 bits per heavy atom. The van der Waals surface area contributed by atoms with E-state index in [1.807, 2.05) is 37.4 Å². The van der Waals surface area contributed by atoms with Crippen LogP contribution in [-0.2, 0) is 19.1 Å². The molecule has 0 unspecified atom stereocenters. The Hall–Kier alpha value is -3.00. The van der Waals surface area contributed by atoms with Crippen LogP contribution in [0.4, 0.5) is 0 Å². The van der Waals surface area contributed by atoms with E-state index in [9.17, 15) is 9.59 Å². The summed E-state index contributed by atoms with van der Waals surface area (Å²) in [7, 11) is 1.55. The summed E-state index contributed by atoms with van der Waals surface area (Å²) in [5.74, 6) is -3.43. The first-order valence-corrected chi connectivity index (χ1v) is 11.1. The molecule has 7 nitrogen and oxygen atoms in total. The number of H-pyrrole nitrogens is 1. The first-order chi connectivity index (χ1) is 15.3. The van der Waals surface area contributed by atoms with Crippen molar-refractivity contribution < 1.29 is 28.5 Å². The summed E-state index contributed by atoms with van der Waals surface area (Å²) in [6.45, 7) is 5.37. The van der Waals surface area contributed by atoms with Crippen LogP contribution in [0.2, 0.25) is 0 Å². The van der Waals surface area contributed by atoms with E-state index >= 15 is 0 Å². The van der Waals surface area contributed by atoms with Crippen molar-refractivity contribution in [2.75, 3.05) is 13.7 Å². The Morgan fingerprint density at radius 2 is 1.78 bits per heavy atom. The molecule has 0 aliphatic carbocycles. The lowest BCUT2D eigenvalue weighted by molar-refractivity contribution is -0.240. The molecule has 2 aromatic carbocycles. The third-order valence-corrected chi connectivity index (χ3v) is 6.09. The SMILES string of the molecule is CCOc1cc([C@H](c2c[nH]c3ccccc23)C2C(=O)OC(C)(C)OC2=O)c(Br)cc1OC. The minimum Gasteiger partial charge on any atom is -0.493 e. The molecule has 4 rings (SSSR count). The monoisotopic (exact) mass is 501 g/mol. The molecule has 2 heterocycles. The van der Waals surface area contributed by atoms with Crippen molar-refractivity contribution in [1.29, 1.82) is 0 Å². The third kappa shape index (κ3) is 3.95. The first-order valence-electron chi connectivity index (χ1n) is 10.3. The highest BCUT2D eigenvalue weighted by molar-refractivity contribution is 9.10. The van der Waals surface area contributed by atoms with Gasteiger partial charge in [0.15, 0.2) is 17.4 Å². The number of carbonyl (C=O) groups excluding carboxylic acids is 2. The van der Waals surface area contributed by atoms with Crippen molar-refractivity contribution in [3.05, 3.63) is 58.2 Å². The second kappa shape index (κ2) is 8.50.